The van der Waals surface area contributed by atoms with E-state index in [4.69, 9.17) is 19.3 Å². The molecule has 2 atom stereocenters. The Kier molecular flexibility index (Phi) is 11.3. The van der Waals surface area contributed by atoms with Crippen LogP contribution < -0.4 is 0 Å². The second-order valence-electron chi connectivity index (χ2n) is 13.2. The second-order valence-corrected chi connectivity index (χ2v) is 13.2. The molecule has 1 amide bonds. The van der Waals surface area contributed by atoms with Gasteiger partial charge in [-0.05, 0) is 89.3 Å². The Morgan fingerprint density at radius 1 is 1.17 bits per heavy atom. The minimum atomic E-state index is -0.501. The number of nitrogens with zero attached hydrogens (tertiary/aromatic N) is 4. The number of likely N-dealkylation sites (N-methyl/N-ethyl adjacent to an activating group) is 2. The maximum absolute atomic E-state index is 12.4. The number of carbonyl (C=O) groups excluding carboxylic acids is 1. The van der Waals surface area contributed by atoms with Crippen molar-refractivity contribution in [3.8, 4) is 0 Å². The number of carbonyl (C=O) groups is 1. The molecule has 8 nitrogen and oxygen atoms in total. The maximum atomic E-state index is 12.4. The standard InChI is InChI=1S/C34H52N4O4/c1-7-34(26-40-25-27-13-9-8-10-14-27)18-16-28(17-19-34)31-29(24-38(35-31)30-15-11-12-22-41-30)23-36(5)20-21-37(6)32(39)42-33(2,3)4/h8-10,13-14,16,24,30H,7,11-12,15,17-23,25-26H2,1-6H3. The molecule has 232 valence electrons. The highest BCUT2D eigenvalue weighted by molar-refractivity contribution is 5.67. The summed E-state index contributed by atoms with van der Waals surface area (Å²) < 4.78 is 19.9. The summed E-state index contributed by atoms with van der Waals surface area (Å²) in [7, 11) is 3.89. The van der Waals surface area contributed by atoms with Crippen LogP contribution in [0.4, 0.5) is 4.79 Å². The van der Waals surface area contributed by atoms with Gasteiger partial charge in [-0.25, -0.2) is 9.48 Å². The second kappa shape index (κ2) is 14.7. The number of rotatable bonds is 12. The molecule has 1 fully saturated rings. The Bertz CT molecular complexity index is 1170. The predicted molar refractivity (Wildman–Crippen MR) is 167 cm³/mol. The van der Waals surface area contributed by atoms with E-state index in [1.807, 2.05) is 26.8 Å². The van der Waals surface area contributed by atoms with Gasteiger partial charge in [0, 0.05) is 45.0 Å². The molecular weight excluding hydrogens is 528 g/mol. The van der Waals surface area contributed by atoms with Crippen LogP contribution in [0.3, 0.4) is 0 Å². The predicted octanol–water partition coefficient (Wildman–Crippen LogP) is 7.06. The molecule has 8 heteroatoms. The molecule has 0 saturated carbocycles. The average Bonchev–Trinajstić information content (AvgIpc) is 3.40. The number of benzene rings is 1. The molecule has 2 unspecified atom stereocenters. The Labute approximate surface area is 253 Å². The highest BCUT2D eigenvalue weighted by Crippen LogP contribution is 2.42. The lowest BCUT2D eigenvalue weighted by Crippen LogP contribution is -2.38. The molecular formula is C34H52N4O4. The van der Waals surface area contributed by atoms with Gasteiger partial charge in [0.15, 0.2) is 0 Å². The Morgan fingerprint density at radius 3 is 2.60 bits per heavy atom. The quantitative estimate of drug-likeness (QED) is 0.268. The summed E-state index contributed by atoms with van der Waals surface area (Å²) in [4.78, 5) is 16.3. The van der Waals surface area contributed by atoms with E-state index < -0.39 is 5.60 Å². The third kappa shape index (κ3) is 9.16. The van der Waals surface area contributed by atoms with Gasteiger partial charge >= 0.3 is 6.09 Å². The largest absolute Gasteiger partial charge is 0.444 e. The summed E-state index contributed by atoms with van der Waals surface area (Å²) in [5.41, 5.74) is 4.51. The molecule has 0 spiro atoms. The fourth-order valence-corrected chi connectivity index (χ4v) is 5.69. The van der Waals surface area contributed by atoms with E-state index in [9.17, 15) is 4.79 Å². The number of hydrogen-bond donors (Lipinski definition) is 0. The first-order valence-electron chi connectivity index (χ1n) is 15.7. The first-order chi connectivity index (χ1) is 20.1. The molecule has 1 aliphatic carbocycles. The van der Waals surface area contributed by atoms with Crippen LogP contribution in [-0.2, 0) is 27.4 Å². The van der Waals surface area contributed by atoms with Crippen LogP contribution in [0.2, 0.25) is 0 Å². The van der Waals surface area contributed by atoms with Crippen molar-refractivity contribution >= 4 is 11.7 Å². The van der Waals surface area contributed by atoms with Gasteiger partial charge in [0.1, 0.15) is 11.8 Å². The molecule has 2 heterocycles. The summed E-state index contributed by atoms with van der Waals surface area (Å²) in [5, 5.41) is 5.13. The SMILES string of the molecule is CCC1(COCc2ccccc2)CC=C(c2nn(C3CCCCO3)cc2CN(C)CCN(C)C(=O)OC(C)(C)C)CC1. The molecule has 0 N–H and O–H groups in total. The van der Waals surface area contributed by atoms with Gasteiger partial charge in [-0.1, -0.05) is 43.3 Å². The van der Waals surface area contributed by atoms with E-state index in [-0.39, 0.29) is 17.7 Å². The summed E-state index contributed by atoms with van der Waals surface area (Å²) in [5.74, 6) is 0. The van der Waals surface area contributed by atoms with Gasteiger partial charge in [0.05, 0.1) is 18.9 Å². The van der Waals surface area contributed by atoms with Gasteiger partial charge in [-0.3, -0.25) is 0 Å². The van der Waals surface area contributed by atoms with Crippen molar-refractivity contribution in [2.45, 2.75) is 97.6 Å². The van der Waals surface area contributed by atoms with Crippen molar-refractivity contribution in [2.24, 2.45) is 5.41 Å². The van der Waals surface area contributed by atoms with E-state index in [1.54, 1.807) is 11.9 Å². The van der Waals surface area contributed by atoms with Crippen LogP contribution in [0.25, 0.3) is 5.57 Å². The molecule has 2 aliphatic rings. The zero-order chi connectivity index (χ0) is 30.2. The van der Waals surface area contributed by atoms with Gasteiger partial charge < -0.3 is 24.0 Å². The van der Waals surface area contributed by atoms with Crippen molar-refractivity contribution in [1.29, 1.82) is 0 Å². The summed E-state index contributed by atoms with van der Waals surface area (Å²) >= 11 is 0. The Hall–Kier alpha value is -2.68. The minimum Gasteiger partial charge on any atom is -0.444 e. The van der Waals surface area contributed by atoms with Crippen molar-refractivity contribution in [2.75, 3.05) is 40.4 Å². The molecule has 1 aliphatic heterocycles. The van der Waals surface area contributed by atoms with E-state index in [1.165, 1.54) is 16.7 Å². The number of hydrogen-bond acceptors (Lipinski definition) is 6. The van der Waals surface area contributed by atoms with Gasteiger partial charge in [-0.2, -0.15) is 5.10 Å². The van der Waals surface area contributed by atoms with Gasteiger partial charge in [-0.15, -0.1) is 0 Å². The fourth-order valence-electron chi connectivity index (χ4n) is 5.69. The number of allylic oxidation sites excluding steroid dienone is 2. The van der Waals surface area contributed by atoms with Crippen LogP contribution >= 0.6 is 0 Å². The first kappa shape index (κ1) is 32.2. The molecule has 0 radical (unpaired) electrons. The smallest absolute Gasteiger partial charge is 0.410 e. The molecule has 0 bridgehead atoms. The molecule has 1 aromatic heterocycles. The minimum absolute atomic E-state index is 0.000155. The van der Waals surface area contributed by atoms with Crippen LogP contribution in [-0.4, -0.2) is 71.7 Å². The van der Waals surface area contributed by atoms with Crippen LogP contribution in [0.1, 0.15) is 95.7 Å². The lowest BCUT2D eigenvalue weighted by molar-refractivity contribution is -0.0396. The summed E-state index contributed by atoms with van der Waals surface area (Å²) in [6.07, 6.45) is 11.7. The van der Waals surface area contributed by atoms with E-state index in [0.717, 1.165) is 76.9 Å². The molecule has 2 aromatic rings. The van der Waals surface area contributed by atoms with Crippen molar-refractivity contribution in [3.05, 3.63) is 59.4 Å². The average molecular weight is 581 g/mol. The highest BCUT2D eigenvalue weighted by atomic mass is 16.6. The van der Waals surface area contributed by atoms with E-state index >= 15 is 0 Å². The molecule has 1 saturated heterocycles. The number of aromatic nitrogens is 2. The maximum Gasteiger partial charge on any atom is 0.410 e. The fraction of sp³-hybridized carbons (Fsp3) is 0.647. The zero-order valence-corrected chi connectivity index (χ0v) is 26.7. The molecule has 1 aromatic carbocycles. The van der Waals surface area contributed by atoms with Crippen molar-refractivity contribution < 1.29 is 19.0 Å². The number of ether oxygens (including phenoxy) is 3. The van der Waals surface area contributed by atoms with Crippen LogP contribution in [0, 0.1) is 5.41 Å². The van der Waals surface area contributed by atoms with E-state index in [2.05, 4.69) is 60.1 Å². The summed E-state index contributed by atoms with van der Waals surface area (Å²) in [6, 6.07) is 10.4. The Morgan fingerprint density at radius 2 is 1.95 bits per heavy atom. The van der Waals surface area contributed by atoms with E-state index in [0.29, 0.717) is 13.2 Å². The van der Waals surface area contributed by atoms with Crippen LogP contribution in [0.15, 0.2) is 42.6 Å². The van der Waals surface area contributed by atoms with Crippen LogP contribution in [0.5, 0.6) is 0 Å². The zero-order valence-electron chi connectivity index (χ0n) is 26.7. The number of amides is 1. The first-order valence-corrected chi connectivity index (χ1v) is 15.7. The monoisotopic (exact) mass is 580 g/mol. The van der Waals surface area contributed by atoms with Gasteiger partial charge in [0.25, 0.3) is 0 Å². The third-order valence-corrected chi connectivity index (χ3v) is 8.50. The molecule has 42 heavy (non-hydrogen) atoms. The van der Waals surface area contributed by atoms with Crippen molar-refractivity contribution in [3.63, 3.8) is 0 Å². The Balaban J connectivity index is 1.43. The van der Waals surface area contributed by atoms with Crippen molar-refractivity contribution in [1.82, 2.24) is 19.6 Å². The third-order valence-electron chi connectivity index (χ3n) is 8.50. The lowest BCUT2D eigenvalue weighted by atomic mass is 9.73. The topological polar surface area (TPSA) is 69.1 Å². The summed E-state index contributed by atoms with van der Waals surface area (Å²) in [6.45, 7) is 12.2. The lowest BCUT2D eigenvalue weighted by Gasteiger charge is -2.35. The normalized spacial score (nSPS) is 21.3. The highest BCUT2D eigenvalue weighted by Gasteiger charge is 2.32. The van der Waals surface area contributed by atoms with Gasteiger partial charge in [0.2, 0.25) is 0 Å². The molecule has 4 rings (SSSR count).